The molecule has 0 aliphatic carbocycles. The number of hydrogen-bond acceptors (Lipinski definition) is 3. The van der Waals surface area contributed by atoms with Crippen LogP contribution in [-0.4, -0.2) is 28.6 Å². The first-order valence-corrected chi connectivity index (χ1v) is 12.4. The van der Waals surface area contributed by atoms with Crippen LogP contribution in [0.1, 0.15) is 57.3 Å². The van der Waals surface area contributed by atoms with Crippen LogP contribution in [0.15, 0.2) is 42.5 Å². The molecule has 0 atom stereocenters. The summed E-state index contributed by atoms with van der Waals surface area (Å²) in [5.74, 6) is 2.20. The van der Waals surface area contributed by atoms with Gasteiger partial charge in [-0.15, -0.1) is 0 Å². The highest BCUT2D eigenvalue weighted by Gasteiger charge is 2.10. The zero-order chi connectivity index (χ0) is 23.6. The number of para-hydroxylation sites is 2. The van der Waals surface area contributed by atoms with E-state index in [0.29, 0.717) is 6.61 Å². The molecule has 0 radical (unpaired) electrons. The number of hydrogen-bond donors (Lipinski definition) is 1. The molecule has 3 rings (SSSR count). The molecule has 1 heterocycles. The van der Waals surface area contributed by atoms with Gasteiger partial charge in [-0.2, -0.15) is 0 Å². The van der Waals surface area contributed by atoms with E-state index in [1.165, 1.54) is 5.52 Å². The fourth-order valence-electron chi connectivity index (χ4n) is 3.84. The Labute approximate surface area is 202 Å². The predicted octanol–water partition coefficient (Wildman–Crippen LogP) is 6.34. The number of rotatable bonds is 13. The lowest BCUT2D eigenvalue weighted by molar-refractivity contribution is -0.123. The second-order valence-electron chi connectivity index (χ2n) is 8.89. The lowest BCUT2D eigenvalue weighted by Gasteiger charge is -2.11. The maximum absolute atomic E-state index is 11.7. The molecule has 0 aliphatic rings. The summed E-state index contributed by atoms with van der Waals surface area (Å²) in [6.45, 7) is 8.20. The minimum absolute atomic E-state index is 0.0469. The van der Waals surface area contributed by atoms with Crippen molar-refractivity contribution in [1.82, 2.24) is 14.9 Å². The van der Waals surface area contributed by atoms with Crippen LogP contribution in [-0.2, 0) is 17.8 Å². The van der Waals surface area contributed by atoms with Crippen LogP contribution < -0.4 is 10.1 Å². The molecule has 1 amide bonds. The minimum atomic E-state index is 0.0469. The van der Waals surface area contributed by atoms with Crippen LogP contribution in [0.3, 0.4) is 0 Å². The number of amides is 1. The Morgan fingerprint density at radius 3 is 2.70 bits per heavy atom. The highest BCUT2D eigenvalue weighted by molar-refractivity contribution is 6.31. The van der Waals surface area contributed by atoms with Gasteiger partial charge in [-0.05, 0) is 68.5 Å². The standard InChI is InChI=1S/C27H36ClN3O2/c1-20(2)27(32)29-16-8-4-5-13-26-30-24-11-6-7-12-25(24)31(26)17-9-10-18-33-22-14-15-23(28)21(3)19-22/h6-7,11-12,14-15,19-20H,4-5,8-10,13,16-18H2,1-3H3,(H,29,32). The maximum atomic E-state index is 11.7. The minimum Gasteiger partial charge on any atom is -0.494 e. The van der Waals surface area contributed by atoms with Gasteiger partial charge in [-0.3, -0.25) is 4.79 Å². The van der Waals surface area contributed by atoms with E-state index < -0.39 is 0 Å². The lowest BCUT2D eigenvalue weighted by Crippen LogP contribution is -2.28. The molecule has 0 unspecified atom stereocenters. The summed E-state index contributed by atoms with van der Waals surface area (Å²) in [6, 6.07) is 14.1. The Morgan fingerprint density at radius 2 is 1.91 bits per heavy atom. The second-order valence-corrected chi connectivity index (χ2v) is 9.30. The van der Waals surface area contributed by atoms with Gasteiger partial charge in [0.05, 0.1) is 17.6 Å². The topological polar surface area (TPSA) is 56.1 Å². The fraction of sp³-hybridized carbons (Fsp3) is 0.481. The second kappa shape index (κ2) is 12.6. The number of carbonyl (C=O) groups is 1. The number of nitrogens with zero attached hydrogens (tertiary/aromatic N) is 2. The Morgan fingerprint density at radius 1 is 1.09 bits per heavy atom. The third kappa shape index (κ3) is 7.50. The molecule has 1 aromatic heterocycles. The van der Waals surface area contributed by atoms with Gasteiger partial charge < -0.3 is 14.6 Å². The van der Waals surface area contributed by atoms with E-state index in [0.717, 1.165) is 79.3 Å². The van der Waals surface area contributed by atoms with Crippen molar-refractivity contribution >= 4 is 28.5 Å². The first-order valence-electron chi connectivity index (χ1n) is 12.1. The molecule has 33 heavy (non-hydrogen) atoms. The van der Waals surface area contributed by atoms with Crippen LogP contribution in [0.4, 0.5) is 0 Å². The number of ether oxygens (including phenoxy) is 1. The average molecular weight is 470 g/mol. The third-order valence-corrected chi connectivity index (χ3v) is 6.23. The summed E-state index contributed by atoms with van der Waals surface area (Å²) in [4.78, 5) is 16.6. The predicted molar refractivity (Wildman–Crippen MR) is 136 cm³/mol. The van der Waals surface area contributed by atoms with Crippen molar-refractivity contribution in [2.45, 2.75) is 65.8 Å². The SMILES string of the molecule is Cc1cc(OCCCCn2c(CCCCCNC(=O)C(C)C)nc3ccccc32)ccc1Cl. The number of halogens is 1. The molecular weight excluding hydrogens is 434 g/mol. The van der Waals surface area contributed by atoms with Crippen molar-refractivity contribution in [2.24, 2.45) is 5.92 Å². The smallest absolute Gasteiger partial charge is 0.222 e. The van der Waals surface area contributed by atoms with Gasteiger partial charge in [0.1, 0.15) is 11.6 Å². The Hall–Kier alpha value is -2.53. The highest BCUT2D eigenvalue weighted by Crippen LogP contribution is 2.22. The summed E-state index contributed by atoms with van der Waals surface area (Å²) in [5, 5.41) is 3.76. The Bertz CT molecular complexity index is 1050. The summed E-state index contributed by atoms with van der Waals surface area (Å²) in [7, 11) is 0. The zero-order valence-corrected chi connectivity index (χ0v) is 20.8. The van der Waals surface area contributed by atoms with Crippen LogP contribution in [0.2, 0.25) is 5.02 Å². The van der Waals surface area contributed by atoms with E-state index in [-0.39, 0.29) is 11.8 Å². The number of carbonyl (C=O) groups excluding carboxylic acids is 1. The van der Waals surface area contributed by atoms with Gasteiger partial charge in [-0.1, -0.05) is 44.0 Å². The summed E-state index contributed by atoms with van der Waals surface area (Å²) < 4.78 is 8.26. The van der Waals surface area contributed by atoms with E-state index in [1.54, 1.807) is 0 Å². The average Bonchev–Trinajstić information content (AvgIpc) is 3.15. The van der Waals surface area contributed by atoms with E-state index in [9.17, 15) is 4.79 Å². The quantitative estimate of drug-likeness (QED) is 0.297. The number of aromatic nitrogens is 2. The number of unbranched alkanes of at least 4 members (excludes halogenated alkanes) is 3. The molecule has 6 heteroatoms. The summed E-state index contributed by atoms with van der Waals surface area (Å²) >= 11 is 6.09. The van der Waals surface area contributed by atoms with Crippen molar-refractivity contribution in [2.75, 3.05) is 13.2 Å². The van der Waals surface area contributed by atoms with Crippen molar-refractivity contribution in [3.8, 4) is 5.75 Å². The van der Waals surface area contributed by atoms with Crippen LogP contribution in [0.25, 0.3) is 11.0 Å². The van der Waals surface area contributed by atoms with Crippen molar-refractivity contribution in [3.63, 3.8) is 0 Å². The number of aryl methyl sites for hydroxylation is 3. The molecule has 2 aromatic carbocycles. The monoisotopic (exact) mass is 469 g/mol. The van der Waals surface area contributed by atoms with Gasteiger partial charge in [-0.25, -0.2) is 4.98 Å². The summed E-state index contributed by atoms with van der Waals surface area (Å²) in [5.41, 5.74) is 3.29. The zero-order valence-electron chi connectivity index (χ0n) is 20.1. The number of benzene rings is 2. The Balaban J connectivity index is 1.47. The van der Waals surface area contributed by atoms with Crippen molar-refractivity contribution < 1.29 is 9.53 Å². The summed E-state index contributed by atoms with van der Waals surface area (Å²) in [6.07, 6.45) is 6.10. The molecular formula is C27H36ClN3O2. The van der Waals surface area contributed by atoms with Crippen molar-refractivity contribution in [3.05, 3.63) is 58.9 Å². The Kier molecular flexibility index (Phi) is 9.61. The molecule has 0 spiro atoms. The van der Waals surface area contributed by atoms with E-state index in [4.69, 9.17) is 21.3 Å². The number of nitrogens with one attached hydrogen (secondary N) is 1. The fourth-order valence-corrected chi connectivity index (χ4v) is 3.95. The van der Waals surface area contributed by atoms with E-state index in [1.807, 2.05) is 45.0 Å². The molecule has 0 saturated heterocycles. The molecule has 0 fully saturated rings. The molecule has 0 saturated carbocycles. The number of imidazole rings is 1. The molecule has 178 valence electrons. The van der Waals surface area contributed by atoms with Gasteiger partial charge in [0.15, 0.2) is 0 Å². The molecule has 0 bridgehead atoms. The van der Waals surface area contributed by atoms with E-state index in [2.05, 4.69) is 28.1 Å². The van der Waals surface area contributed by atoms with Crippen LogP contribution >= 0.6 is 11.6 Å². The van der Waals surface area contributed by atoms with E-state index >= 15 is 0 Å². The molecule has 5 nitrogen and oxygen atoms in total. The molecule has 0 aliphatic heterocycles. The highest BCUT2D eigenvalue weighted by atomic mass is 35.5. The first-order chi connectivity index (χ1) is 16.0. The lowest BCUT2D eigenvalue weighted by atomic mass is 10.1. The van der Waals surface area contributed by atoms with Crippen LogP contribution in [0.5, 0.6) is 5.75 Å². The van der Waals surface area contributed by atoms with Gasteiger partial charge in [0, 0.05) is 30.5 Å². The molecule has 3 aromatic rings. The first kappa shape index (κ1) is 25.1. The maximum Gasteiger partial charge on any atom is 0.222 e. The van der Waals surface area contributed by atoms with Gasteiger partial charge >= 0.3 is 0 Å². The molecule has 1 N–H and O–H groups in total. The largest absolute Gasteiger partial charge is 0.494 e. The number of fused-ring (bicyclic) bond motifs is 1. The normalized spacial score (nSPS) is 11.3. The van der Waals surface area contributed by atoms with Gasteiger partial charge in [0.25, 0.3) is 0 Å². The van der Waals surface area contributed by atoms with Gasteiger partial charge in [0.2, 0.25) is 5.91 Å². The van der Waals surface area contributed by atoms with Crippen molar-refractivity contribution in [1.29, 1.82) is 0 Å². The third-order valence-electron chi connectivity index (χ3n) is 5.81. The van der Waals surface area contributed by atoms with Crippen LogP contribution in [0, 0.1) is 12.8 Å².